The first-order valence-electron chi connectivity index (χ1n) is 11.5. The molecule has 1 aliphatic heterocycles. The molecule has 0 spiro atoms. The van der Waals surface area contributed by atoms with E-state index in [4.69, 9.17) is 4.98 Å². The molecule has 0 bridgehead atoms. The van der Waals surface area contributed by atoms with E-state index in [1.807, 2.05) is 31.2 Å². The molecular formula is C26H22BrF3N4OS. The molecule has 4 aromatic rings. The maximum Gasteiger partial charge on any atom is 0.434 e. The molecule has 1 saturated heterocycles. The number of amides is 1. The summed E-state index contributed by atoms with van der Waals surface area (Å²) in [6.45, 7) is 2.77. The highest BCUT2D eigenvalue weighted by Crippen LogP contribution is 2.38. The van der Waals surface area contributed by atoms with Gasteiger partial charge in [-0.25, -0.2) is 9.67 Å². The predicted octanol–water partition coefficient (Wildman–Crippen LogP) is 7.11. The summed E-state index contributed by atoms with van der Waals surface area (Å²) >= 11 is 5.09. The fourth-order valence-corrected chi connectivity index (χ4v) is 5.89. The highest BCUT2D eigenvalue weighted by Gasteiger charge is 2.42. The van der Waals surface area contributed by atoms with Crippen molar-refractivity contribution in [2.75, 3.05) is 13.1 Å². The van der Waals surface area contributed by atoms with Gasteiger partial charge in [-0.2, -0.15) is 18.3 Å². The van der Waals surface area contributed by atoms with Gasteiger partial charge in [0.15, 0.2) is 5.69 Å². The fraction of sp³-hybridized carbons (Fsp3) is 0.269. The van der Waals surface area contributed by atoms with Crippen molar-refractivity contribution in [2.24, 2.45) is 0 Å². The Morgan fingerprint density at radius 2 is 1.72 bits per heavy atom. The van der Waals surface area contributed by atoms with Crippen LogP contribution in [0.5, 0.6) is 0 Å². The molecular weight excluding hydrogens is 553 g/mol. The van der Waals surface area contributed by atoms with Gasteiger partial charge in [-0.05, 0) is 44.0 Å². The standard InChI is InChI=1S/C26H22BrF3N4OS/c1-16-22(17-7-9-19(27)10-8-17)32-24(36-16)18-11-13-33(14-12-18)25(35)21-15-31-34(23(21)26(28,29)30)20-5-3-2-4-6-20/h2-10,15,18H,11-14H2,1H3. The average Bonchev–Trinajstić information content (AvgIpc) is 3.49. The van der Waals surface area contributed by atoms with Crippen LogP contribution in [0.25, 0.3) is 16.9 Å². The molecule has 10 heteroatoms. The van der Waals surface area contributed by atoms with Gasteiger partial charge >= 0.3 is 6.18 Å². The van der Waals surface area contributed by atoms with Crippen molar-refractivity contribution in [1.82, 2.24) is 19.7 Å². The van der Waals surface area contributed by atoms with Crippen molar-refractivity contribution in [2.45, 2.75) is 31.9 Å². The van der Waals surface area contributed by atoms with Gasteiger partial charge in [-0.1, -0.05) is 46.3 Å². The van der Waals surface area contributed by atoms with E-state index in [0.717, 1.165) is 36.5 Å². The van der Waals surface area contributed by atoms with Crippen molar-refractivity contribution in [3.8, 4) is 16.9 Å². The summed E-state index contributed by atoms with van der Waals surface area (Å²) in [5.41, 5.74) is 0.774. The number of likely N-dealkylation sites (tertiary alicyclic amines) is 1. The first-order valence-corrected chi connectivity index (χ1v) is 13.1. The Balaban J connectivity index is 1.33. The van der Waals surface area contributed by atoms with Crippen molar-refractivity contribution < 1.29 is 18.0 Å². The Bertz CT molecular complexity index is 1370. The number of para-hydroxylation sites is 1. The Labute approximate surface area is 218 Å². The van der Waals surface area contributed by atoms with Gasteiger partial charge in [0.25, 0.3) is 5.91 Å². The molecule has 36 heavy (non-hydrogen) atoms. The number of carbonyl (C=O) groups excluding carboxylic acids is 1. The number of halogens is 4. The third-order valence-electron chi connectivity index (χ3n) is 6.33. The van der Waals surface area contributed by atoms with Crippen LogP contribution in [-0.4, -0.2) is 38.7 Å². The maximum absolute atomic E-state index is 14.0. The van der Waals surface area contributed by atoms with E-state index in [0.29, 0.717) is 25.9 Å². The molecule has 1 aliphatic rings. The number of rotatable bonds is 4. The van der Waals surface area contributed by atoms with Gasteiger partial charge in [0.1, 0.15) is 0 Å². The minimum atomic E-state index is -4.72. The predicted molar refractivity (Wildman–Crippen MR) is 136 cm³/mol. The number of nitrogens with zero attached hydrogens (tertiary/aromatic N) is 4. The summed E-state index contributed by atoms with van der Waals surface area (Å²) in [6.07, 6.45) is -2.41. The number of hydrogen-bond acceptors (Lipinski definition) is 4. The molecule has 0 radical (unpaired) electrons. The summed E-state index contributed by atoms with van der Waals surface area (Å²) < 4.78 is 43.8. The number of thiazole rings is 1. The highest BCUT2D eigenvalue weighted by molar-refractivity contribution is 9.10. The van der Waals surface area contributed by atoms with Crippen molar-refractivity contribution in [3.63, 3.8) is 0 Å². The number of hydrogen-bond donors (Lipinski definition) is 0. The van der Waals surface area contributed by atoms with E-state index >= 15 is 0 Å². The third kappa shape index (κ3) is 4.84. The maximum atomic E-state index is 14.0. The topological polar surface area (TPSA) is 51.0 Å². The second-order valence-electron chi connectivity index (χ2n) is 8.68. The molecule has 0 saturated carbocycles. The largest absolute Gasteiger partial charge is 0.434 e. The molecule has 3 heterocycles. The summed E-state index contributed by atoms with van der Waals surface area (Å²) in [5.74, 6) is -0.482. The number of carbonyl (C=O) groups is 1. The van der Waals surface area contributed by atoms with E-state index in [2.05, 4.69) is 21.0 Å². The molecule has 1 fully saturated rings. The van der Waals surface area contributed by atoms with Gasteiger partial charge in [-0.3, -0.25) is 4.79 Å². The van der Waals surface area contributed by atoms with E-state index in [1.54, 1.807) is 29.5 Å². The van der Waals surface area contributed by atoms with E-state index in [1.165, 1.54) is 17.0 Å². The minimum absolute atomic E-state index is 0.163. The summed E-state index contributed by atoms with van der Waals surface area (Å²) in [6, 6.07) is 16.0. The zero-order chi connectivity index (χ0) is 25.4. The number of piperidine rings is 1. The van der Waals surface area contributed by atoms with Gasteiger partial charge in [0, 0.05) is 33.9 Å². The van der Waals surface area contributed by atoms with Crippen LogP contribution in [0, 0.1) is 6.92 Å². The molecule has 2 aromatic heterocycles. The van der Waals surface area contributed by atoms with Gasteiger partial charge < -0.3 is 4.90 Å². The molecule has 186 valence electrons. The van der Waals surface area contributed by atoms with Crippen LogP contribution in [0.1, 0.15) is 44.7 Å². The quantitative estimate of drug-likeness (QED) is 0.261. The molecule has 0 aliphatic carbocycles. The van der Waals surface area contributed by atoms with E-state index < -0.39 is 23.3 Å². The first-order chi connectivity index (χ1) is 17.2. The van der Waals surface area contributed by atoms with Crippen LogP contribution in [0.2, 0.25) is 0 Å². The average molecular weight is 575 g/mol. The van der Waals surface area contributed by atoms with Crippen molar-refractivity contribution in [3.05, 3.63) is 86.4 Å². The third-order valence-corrected chi connectivity index (χ3v) is 7.99. The molecule has 5 nitrogen and oxygen atoms in total. The molecule has 2 aromatic carbocycles. The lowest BCUT2D eigenvalue weighted by atomic mass is 9.97. The molecule has 0 N–H and O–H groups in total. The number of aryl methyl sites for hydroxylation is 1. The summed E-state index contributed by atoms with van der Waals surface area (Å²) in [4.78, 5) is 20.7. The highest BCUT2D eigenvalue weighted by atomic mass is 79.9. The second kappa shape index (κ2) is 9.82. The Hall–Kier alpha value is -2.98. The smallest absolute Gasteiger partial charge is 0.338 e. The number of benzene rings is 2. The fourth-order valence-electron chi connectivity index (χ4n) is 4.51. The van der Waals surface area contributed by atoms with Crippen LogP contribution >= 0.6 is 27.3 Å². The van der Waals surface area contributed by atoms with E-state index in [9.17, 15) is 18.0 Å². The zero-order valence-electron chi connectivity index (χ0n) is 19.3. The van der Waals surface area contributed by atoms with Gasteiger partial charge in [0.05, 0.1) is 28.1 Å². The van der Waals surface area contributed by atoms with Gasteiger partial charge in [0.2, 0.25) is 0 Å². The molecule has 1 amide bonds. The lowest BCUT2D eigenvalue weighted by Gasteiger charge is -2.31. The Morgan fingerprint density at radius 1 is 1.06 bits per heavy atom. The lowest BCUT2D eigenvalue weighted by molar-refractivity contribution is -0.143. The lowest BCUT2D eigenvalue weighted by Crippen LogP contribution is -2.38. The molecule has 0 unspecified atom stereocenters. The van der Waals surface area contributed by atoms with Gasteiger partial charge in [-0.15, -0.1) is 11.3 Å². The Kier molecular flexibility index (Phi) is 6.74. The molecule has 0 atom stereocenters. The van der Waals surface area contributed by atoms with Crippen molar-refractivity contribution >= 4 is 33.2 Å². The number of alkyl halides is 3. The minimum Gasteiger partial charge on any atom is -0.338 e. The zero-order valence-corrected chi connectivity index (χ0v) is 21.7. The SMILES string of the molecule is Cc1sc(C2CCN(C(=O)c3cnn(-c4ccccc4)c3C(F)(F)F)CC2)nc1-c1ccc(Br)cc1. The van der Waals surface area contributed by atoms with Crippen LogP contribution in [0.4, 0.5) is 13.2 Å². The summed E-state index contributed by atoms with van der Waals surface area (Å²) in [7, 11) is 0. The first kappa shape index (κ1) is 24.7. The van der Waals surface area contributed by atoms with Crippen LogP contribution in [0.15, 0.2) is 65.3 Å². The number of aromatic nitrogens is 3. The second-order valence-corrected chi connectivity index (χ2v) is 10.8. The monoisotopic (exact) mass is 574 g/mol. The van der Waals surface area contributed by atoms with Crippen LogP contribution < -0.4 is 0 Å². The summed E-state index contributed by atoms with van der Waals surface area (Å²) in [5, 5.41) is 4.92. The van der Waals surface area contributed by atoms with Crippen molar-refractivity contribution in [1.29, 1.82) is 0 Å². The normalized spacial score (nSPS) is 14.9. The van der Waals surface area contributed by atoms with Crippen LogP contribution in [-0.2, 0) is 6.18 Å². The van der Waals surface area contributed by atoms with Crippen LogP contribution in [0.3, 0.4) is 0 Å². The molecule has 5 rings (SSSR count). The van der Waals surface area contributed by atoms with E-state index in [-0.39, 0.29) is 11.6 Å². The Morgan fingerprint density at radius 3 is 2.36 bits per heavy atom.